The van der Waals surface area contributed by atoms with Crippen LogP contribution in [0.2, 0.25) is 0 Å². The molecular formula is C22H21NO4. The highest BCUT2D eigenvalue weighted by molar-refractivity contribution is 6.05. The van der Waals surface area contributed by atoms with Gasteiger partial charge in [0.25, 0.3) is 5.91 Å². The lowest BCUT2D eigenvalue weighted by atomic mass is 10.2. The van der Waals surface area contributed by atoms with Crippen LogP contribution in [0.4, 0.5) is 5.69 Å². The first-order valence-electron chi connectivity index (χ1n) is 8.64. The van der Waals surface area contributed by atoms with E-state index in [1.165, 1.54) is 0 Å². The Morgan fingerprint density at radius 3 is 2.37 bits per heavy atom. The third-order valence-corrected chi connectivity index (χ3v) is 3.83. The number of nitrogens with one attached hydrogen (secondary N) is 1. The van der Waals surface area contributed by atoms with Gasteiger partial charge in [-0.25, -0.2) is 0 Å². The summed E-state index contributed by atoms with van der Waals surface area (Å²) in [5.41, 5.74) is 1.09. The van der Waals surface area contributed by atoms with E-state index < -0.39 is 0 Å². The van der Waals surface area contributed by atoms with Gasteiger partial charge in [-0.2, -0.15) is 0 Å². The van der Waals surface area contributed by atoms with Crippen LogP contribution in [0.1, 0.15) is 17.3 Å². The number of hydrogen-bond acceptors (Lipinski definition) is 4. The minimum atomic E-state index is -0.239. The topological polar surface area (TPSA) is 56.8 Å². The van der Waals surface area contributed by atoms with Crippen LogP contribution in [-0.2, 0) is 0 Å². The molecule has 3 aromatic rings. The molecule has 0 atom stereocenters. The van der Waals surface area contributed by atoms with Crippen molar-refractivity contribution >= 4 is 11.6 Å². The molecule has 0 fully saturated rings. The summed E-state index contributed by atoms with van der Waals surface area (Å²) in [5.74, 6) is 2.38. The predicted molar refractivity (Wildman–Crippen MR) is 105 cm³/mol. The largest absolute Gasteiger partial charge is 0.497 e. The third-order valence-electron chi connectivity index (χ3n) is 3.83. The van der Waals surface area contributed by atoms with E-state index >= 15 is 0 Å². The Balaban J connectivity index is 1.76. The van der Waals surface area contributed by atoms with Crippen LogP contribution in [0.25, 0.3) is 0 Å². The predicted octanol–water partition coefficient (Wildman–Crippen LogP) is 5.14. The minimum Gasteiger partial charge on any atom is -0.497 e. The standard InChI is InChI=1S/C22H21NO4/c1-3-26-17-11-13-18(14-12-17)27-21-10-5-4-9-20(21)23-22(24)16-7-6-8-19(15-16)25-2/h4-15H,3H2,1-2H3,(H,23,24). The average molecular weight is 363 g/mol. The molecule has 3 rings (SSSR count). The zero-order valence-electron chi connectivity index (χ0n) is 15.3. The van der Waals surface area contributed by atoms with Crippen LogP contribution in [0.5, 0.6) is 23.0 Å². The van der Waals surface area contributed by atoms with Crippen molar-refractivity contribution in [1.29, 1.82) is 0 Å². The molecule has 0 aromatic heterocycles. The van der Waals surface area contributed by atoms with Crippen molar-refractivity contribution in [3.8, 4) is 23.0 Å². The zero-order valence-corrected chi connectivity index (χ0v) is 15.3. The quantitative estimate of drug-likeness (QED) is 0.631. The van der Waals surface area contributed by atoms with Crippen LogP contribution in [0.3, 0.4) is 0 Å². The number of carbonyl (C=O) groups is 1. The maximum atomic E-state index is 12.6. The number of hydrogen-bond donors (Lipinski definition) is 1. The van der Waals surface area contributed by atoms with Gasteiger partial charge in [0.1, 0.15) is 17.2 Å². The third kappa shape index (κ3) is 4.79. The number of carbonyl (C=O) groups excluding carboxylic acids is 1. The molecule has 0 unspecified atom stereocenters. The van der Waals surface area contributed by atoms with E-state index in [9.17, 15) is 4.79 Å². The first-order chi connectivity index (χ1) is 13.2. The number of benzene rings is 3. The van der Waals surface area contributed by atoms with Gasteiger partial charge in [0, 0.05) is 5.56 Å². The Morgan fingerprint density at radius 2 is 1.63 bits per heavy atom. The molecule has 0 spiro atoms. The summed E-state index contributed by atoms with van der Waals surface area (Å²) in [5, 5.41) is 2.89. The van der Waals surface area contributed by atoms with E-state index in [1.54, 1.807) is 43.5 Å². The van der Waals surface area contributed by atoms with Gasteiger partial charge >= 0.3 is 0 Å². The molecular weight excluding hydrogens is 342 g/mol. The molecule has 27 heavy (non-hydrogen) atoms. The van der Waals surface area contributed by atoms with Gasteiger partial charge in [0.05, 0.1) is 19.4 Å². The van der Waals surface area contributed by atoms with E-state index in [1.807, 2.05) is 43.3 Å². The van der Waals surface area contributed by atoms with E-state index in [0.29, 0.717) is 35.1 Å². The van der Waals surface area contributed by atoms with Gasteiger partial charge in [-0.1, -0.05) is 18.2 Å². The maximum absolute atomic E-state index is 12.6. The summed E-state index contributed by atoms with van der Waals surface area (Å²) >= 11 is 0. The van der Waals surface area contributed by atoms with E-state index in [4.69, 9.17) is 14.2 Å². The second-order valence-corrected chi connectivity index (χ2v) is 5.69. The Labute approximate surface area is 158 Å². The Morgan fingerprint density at radius 1 is 0.889 bits per heavy atom. The molecule has 0 aliphatic heterocycles. The molecule has 1 N–H and O–H groups in total. The normalized spacial score (nSPS) is 10.1. The van der Waals surface area contributed by atoms with Gasteiger partial charge < -0.3 is 19.5 Å². The van der Waals surface area contributed by atoms with Crippen molar-refractivity contribution in [2.24, 2.45) is 0 Å². The molecule has 5 nitrogen and oxygen atoms in total. The number of rotatable bonds is 7. The van der Waals surface area contributed by atoms with Crippen LogP contribution >= 0.6 is 0 Å². The molecule has 0 radical (unpaired) electrons. The van der Waals surface area contributed by atoms with Crippen LogP contribution in [0.15, 0.2) is 72.8 Å². The smallest absolute Gasteiger partial charge is 0.255 e. The van der Waals surface area contributed by atoms with Crippen molar-refractivity contribution in [3.05, 3.63) is 78.4 Å². The van der Waals surface area contributed by atoms with Crippen molar-refractivity contribution in [2.45, 2.75) is 6.92 Å². The molecule has 0 aliphatic rings. The van der Waals surface area contributed by atoms with Gasteiger partial charge in [-0.05, 0) is 61.5 Å². The Kier molecular flexibility index (Phi) is 5.94. The SMILES string of the molecule is CCOc1ccc(Oc2ccccc2NC(=O)c2cccc(OC)c2)cc1. The fourth-order valence-electron chi connectivity index (χ4n) is 2.52. The number of anilines is 1. The van der Waals surface area contributed by atoms with Crippen molar-refractivity contribution < 1.29 is 19.0 Å². The molecule has 0 aliphatic carbocycles. The molecule has 1 amide bonds. The van der Waals surface area contributed by atoms with E-state index in [-0.39, 0.29) is 5.91 Å². The highest BCUT2D eigenvalue weighted by atomic mass is 16.5. The first-order valence-corrected chi connectivity index (χ1v) is 8.64. The van der Waals surface area contributed by atoms with Crippen LogP contribution < -0.4 is 19.5 Å². The summed E-state index contributed by atoms with van der Waals surface area (Å²) in [6.45, 7) is 2.55. The van der Waals surface area contributed by atoms with Crippen molar-refractivity contribution in [1.82, 2.24) is 0 Å². The molecule has 0 saturated heterocycles. The second kappa shape index (κ2) is 8.76. The maximum Gasteiger partial charge on any atom is 0.255 e. The van der Waals surface area contributed by atoms with E-state index in [0.717, 1.165) is 5.75 Å². The lowest BCUT2D eigenvalue weighted by Crippen LogP contribution is -2.12. The zero-order chi connectivity index (χ0) is 19.1. The van der Waals surface area contributed by atoms with Gasteiger partial charge in [-0.3, -0.25) is 4.79 Å². The Hall–Kier alpha value is -3.47. The van der Waals surface area contributed by atoms with E-state index in [2.05, 4.69) is 5.32 Å². The fourth-order valence-corrected chi connectivity index (χ4v) is 2.52. The summed E-state index contributed by atoms with van der Waals surface area (Å²) in [4.78, 5) is 12.6. The monoisotopic (exact) mass is 363 g/mol. The molecule has 0 saturated carbocycles. The minimum absolute atomic E-state index is 0.239. The highest BCUT2D eigenvalue weighted by Crippen LogP contribution is 2.30. The second-order valence-electron chi connectivity index (χ2n) is 5.69. The lowest BCUT2D eigenvalue weighted by molar-refractivity contribution is 0.102. The average Bonchev–Trinajstić information content (AvgIpc) is 2.71. The molecule has 3 aromatic carbocycles. The molecule has 0 heterocycles. The van der Waals surface area contributed by atoms with Gasteiger partial charge in [0.2, 0.25) is 0 Å². The number of methoxy groups -OCH3 is 1. The summed E-state index contributed by atoms with van der Waals surface area (Å²) in [6.07, 6.45) is 0. The lowest BCUT2D eigenvalue weighted by Gasteiger charge is -2.13. The summed E-state index contributed by atoms with van der Waals surface area (Å²) in [6, 6.07) is 21.6. The van der Waals surface area contributed by atoms with Crippen LogP contribution in [-0.4, -0.2) is 19.6 Å². The number of amides is 1. The first kappa shape index (κ1) is 18.3. The number of para-hydroxylation sites is 2. The highest BCUT2D eigenvalue weighted by Gasteiger charge is 2.11. The molecule has 0 bridgehead atoms. The summed E-state index contributed by atoms with van der Waals surface area (Å²) in [7, 11) is 1.57. The summed E-state index contributed by atoms with van der Waals surface area (Å²) < 4.78 is 16.5. The van der Waals surface area contributed by atoms with Crippen molar-refractivity contribution in [3.63, 3.8) is 0 Å². The molecule has 5 heteroatoms. The number of ether oxygens (including phenoxy) is 3. The molecule has 138 valence electrons. The van der Waals surface area contributed by atoms with Gasteiger partial charge in [0.15, 0.2) is 5.75 Å². The van der Waals surface area contributed by atoms with Gasteiger partial charge in [-0.15, -0.1) is 0 Å². The van der Waals surface area contributed by atoms with Crippen molar-refractivity contribution in [2.75, 3.05) is 19.0 Å². The fraction of sp³-hybridized carbons (Fsp3) is 0.136. The Bertz CT molecular complexity index is 906. The van der Waals surface area contributed by atoms with Crippen LogP contribution in [0, 0.1) is 0 Å².